The maximum absolute atomic E-state index is 13.9. The minimum Gasteiger partial charge on any atom is -0.346 e. The molecule has 1 fully saturated rings. The molecule has 1 aromatic heterocycles. The van der Waals surface area contributed by atoms with Crippen LogP contribution in [-0.2, 0) is 13.1 Å². The van der Waals surface area contributed by atoms with Gasteiger partial charge in [-0.1, -0.05) is 48.5 Å². The van der Waals surface area contributed by atoms with E-state index in [1.165, 1.54) is 11.6 Å². The van der Waals surface area contributed by atoms with Crippen molar-refractivity contribution in [2.45, 2.75) is 26.9 Å². The summed E-state index contributed by atoms with van der Waals surface area (Å²) in [5, 5.41) is 8.85. The van der Waals surface area contributed by atoms with Crippen molar-refractivity contribution >= 4 is 23.0 Å². The first-order valence-corrected chi connectivity index (χ1v) is 11.0. The second kappa shape index (κ2) is 9.58. The Balaban J connectivity index is 1.34. The minimum absolute atomic E-state index is 0.138. The Hall–Kier alpha value is -2.77. The molecular weight excluding hydrogens is 409 g/mol. The smallest absolute Gasteiger partial charge is 0.173 e. The summed E-state index contributed by atoms with van der Waals surface area (Å²) in [6.07, 6.45) is 0. The van der Waals surface area contributed by atoms with Crippen molar-refractivity contribution in [1.82, 2.24) is 19.6 Å². The molecule has 31 heavy (non-hydrogen) atoms. The molecule has 0 unspecified atom stereocenters. The molecule has 1 aliphatic heterocycles. The maximum Gasteiger partial charge on any atom is 0.173 e. The number of aryl methyl sites for hydroxylation is 1. The topological polar surface area (TPSA) is 36.3 Å². The zero-order valence-electron chi connectivity index (χ0n) is 18.0. The van der Waals surface area contributed by atoms with Crippen molar-refractivity contribution < 1.29 is 4.39 Å². The number of piperazine rings is 1. The predicted molar refractivity (Wildman–Crippen MR) is 127 cm³/mol. The van der Waals surface area contributed by atoms with Crippen LogP contribution in [0.25, 0.3) is 0 Å². The van der Waals surface area contributed by atoms with E-state index in [2.05, 4.69) is 34.2 Å². The lowest BCUT2D eigenvalue weighted by atomic mass is 10.2. The fourth-order valence-electron chi connectivity index (χ4n) is 3.95. The van der Waals surface area contributed by atoms with Crippen molar-refractivity contribution in [2.75, 3.05) is 31.5 Å². The van der Waals surface area contributed by atoms with Crippen molar-refractivity contribution in [2.24, 2.45) is 0 Å². The quantitative estimate of drug-likeness (QED) is 0.606. The Kier molecular flexibility index (Phi) is 6.63. The van der Waals surface area contributed by atoms with Gasteiger partial charge < -0.3 is 10.2 Å². The summed E-state index contributed by atoms with van der Waals surface area (Å²) in [6, 6.07) is 17.3. The van der Waals surface area contributed by atoms with Crippen LogP contribution in [0.2, 0.25) is 0 Å². The van der Waals surface area contributed by atoms with Gasteiger partial charge in [-0.2, -0.15) is 5.10 Å². The van der Waals surface area contributed by atoms with Crippen LogP contribution in [0.1, 0.15) is 22.5 Å². The van der Waals surface area contributed by atoms with Gasteiger partial charge in [-0.05, 0) is 37.7 Å². The molecule has 162 valence electrons. The lowest BCUT2D eigenvalue weighted by molar-refractivity contribution is 0.175. The molecule has 4 rings (SSSR count). The summed E-state index contributed by atoms with van der Waals surface area (Å²) in [5.74, 6) is -0.138. The van der Waals surface area contributed by atoms with E-state index in [4.69, 9.17) is 17.3 Å². The van der Waals surface area contributed by atoms with Crippen LogP contribution < -0.4 is 5.32 Å². The highest BCUT2D eigenvalue weighted by atomic mass is 32.1. The molecular formula is C24H28FN5S. The normalized spacial score (nSPS) is 14.6. The lowest BCUT2D eigenvalue weighted by Crippen LogP contribution is -2.49. The highest BCUT2D eigenvalue weighted by molar-refractivity contribution is 7.80. The summed E-state index contributed by atoms with van der Waals surface area (Å²) in [5.41, 5.74) is 4.95. The third kappa shape index (κ3) is 5.11. The summed E-state index contributed by atoms with van der Waals surface area (Å²) in [6.45, 7) is 8.77. The van der Waals surface area contributed by atoms with Crippen LogP contribution in [0.4, 0.5) is 10.1 Å². The van der Waals surface area contributed by atoms with E-state index in [0.717, 1.165) is 60.5 Å². The van der Waals surface area contributed by atoms with Crippen LogP contribution in [0, 0.1) is 19.7 Å². The highest BCUT2D eigenvalue weighted by Crippen LogP contribution is 2.21. The van der Waals surface area contributed by atoms with E-state index >= 15 is 0 Å². The van der Waals surface area contributed by atoms with Crippen LogP contribution in [0.3, 0.4) is 0 Å². The highest BCUT2D eigenvalue weighted by Gasteiger charge is 2.21. The zero-order valence-corrected chi connectivity index (χ0v) is 18.8. The number of hydrogen-bond acceptors (Lipinski definition) is 3. The largest absolute Gasteiger partial charge is 0.346 e. The zero-order chi connectivity index (χ0) is 21.8. The second-order valence-corrected chi connectivity index (χ2v) is 8.36. The summed E-state index contributed by atoms with van der Waals surface area (Å²) in [4.78, 5) is 4.45. The number of aromatic nitrogens is 2. The third-order valence-electron chi connectivity index (χ3n) is 5.80. The molecule has 0 radical (unpaired) electrons. The van der Waals surface area contributed by atoms with E-state index in [9.17, 15) is 4.39 Å². The molecule has 0 saturated carbocycles. The Morgan fingerprint density at radius 3 is 2.35 bits per heavy atom. The molecule has 0 atom stereocenters. The number of rotatable bonds is 5. The Bertz CT molecular complexity index is 1040. The first-order valence-electron chi connectivity index (χ1n) is 10.6. The molecule has 2 aromatic carbocycles. The monoisotopic (exact) mass is 437 g/mol. The predicted octanol–water partition coefficient (Wildman–Crippen LogP) is 4.20. The van der Waals surface area contributed by atoms with Gasteiger partial charge in [0.2, 0.25) is 0 Å². The van der Waals surface area contributed by atoms with Crippen molar-refractivity contribution in [3.05, 3.63) is 82.9 Å². The number of nitrogens with one attached hydrogen (secondary N) is 1. The molecule has 0 spiro atoms. The van der Waals surface area contributed by atoms with Crippen molar-refractivity contribution in [1.29, 1.82) is 0 Å². The number of thiocarbonyl (C=S) groups is 1. The molecule has 1 saturated heterocycles. The fraction of sp³-hybridized carbons (Fsp3) is 0.333. The van der Waals surface area contributed by atoms with E-state index < -0.39 is 0 Å². The Labute approximate surface area is 188 Å². The number of benzene rings is 2. The summed E-state index contributed by atoms with van der Waals surface area (Å²) < 4.78 is 15.9. The molecule has 7 heteroatoms. The van der Waals surface area contributed by atoms with E-state index in [0.29, 0.717) is 6.54 Å². The van der Waals surface area contributed by atoms with E-state index in [1.807, 2.05) is 41.9 Å². The first-order chi connectivity index (χ1) is 15.0. The van der Waals surface area contributed by atoms with Gasteiger partial charge in [-0.15, -0.1) is 0 Å². The van der Waals surface area contributed by atoms with Gasteiger partial charge in [-0.25, -0.2) is 4.39 Å². The number of anilines is 1. The van der Waals surface area contributed by atoms with Gasteiger partial charge in [0.25, 0.3) is 0 Å². The average molecular weight is 438 g/mol. The van der Waals surface area contributed by atoms with Crippen LogP contribution in [0.5, 0.6) is 0 Å². The molecule has 1 N–H and O–H groups in total. The van der Waals surface area contributed by atoms with E-state index in [1.54, 1.807) is 6.07 Å². The molecule has 0 bridgehead atoms. The number of halogens is 1. The van der Waals surface area contributed by atoms with Gasteiger partial charge in [0.15, 0.2) is 5.11 Å². The van der Waals surface area contributed by atoms with Gasteiger partial charge >= 0.3 is 0 Å². The minimum atomic E-state index is -0.138. The Morgan fingerprint density at radius 1 is 0.968 bits per heavy atom. The first kappa shape index (κ1) is 21.5. The third-order valence-corrected chi connectivity index (χ3v) is 6.16. The molecule has 2 heterocycles. The number of nitrogens with zero attached hydrogens (tertiary/aromatic N) is 4. The van der Waals surface area contributed by atoms with Gasteiger partial charge in [-0.3, -0.25) is 9.58 Å². The molecule has 1 aliphatic rings. The SMILES string of the molecule is Cc1nn(Cc2ccccc2)c(C)c1NC(=S)N1CCN(Cc2ccccc2F)CC1. The standard InChI is InChI=1S/C24H28FN5S/c1-18-23(19(2)30(27-18)16-20-8-4-3-5-9-20)26-24(31)29-14-12-28(13-15-29)17-21-10-6-7-11-22(21)25/h3-11H,12-17H2,1-2H3,(H,26,31). The van der Waals surface area contributed by atoms with Crippen molar-refractivity contribution in [3.63, 3.8) is 0 Å². The van der Waals surface area contributed by atoms with Crippen LogP contribution in [0.15, 0.2) is 54.6 Å². The fourth-order valence-corrected chi connectivity index (χ4v) is 4.24. The van der Waals surface area contributed by atoms with Gasteiger partial charge in [0.05, 0.1) is 23.6 Å². The molecule has 0 aliphatic carbocycles. The second-order valence-electron chi connectivity index (χ2n) is 7.97. The number of hydrogen-bond donors (Lipinski definition) is 1. The lowest BCUT2D eigenvalue weighted by Gasteiger charge is -2.36. The Morgan fingerprint density at radius 2 is 1.65 bits per heavy atom. The van der Waals surface area contributed by atoms with Gasteiger partial charge in [0.1, 0.15) is 5.82 Å². The van der Waals surface area contributed by atoms with Crippen molar-refractivity contribution in [3.8, 4) is 0 Å². The van der Waals surface area contributed by atoms with Gasteiger partial charge in [0, 0.05) is 38.3 Å². The average Bonchev–Trinajstić information content (AvgIpc) is 3.04. The summed E-state index contributed by atoms with van der Waals surface area (Å²) >= 11 is 5.70. The molecule has 3 aromatic rings. The van der Waals surface area contributed by atoms with E-state index in [-0.39, 0.29) is 5.82 Å². The molecule has 0 amide bonds. The summed E-state index contributed by atoms with van der Waals surface area (Å²) in [7, 11) is 0. The van der Waals surface area contributed by atoms with Crippen LogP contribution in [-0.4, -0.2) is 50.9 Å². The van der Waals surface area contributed by atoms with Crippen LogP contribution >= 0.6 is 12.2 Å². The maximum atomic E-state index is 13.9. The molecule has 5 nitrogen and oxygen atoms in total.